The average molecular weight is 379 g/mol. The second kappa shape index (κ2) is 6.44. The van der Waals surface area contributed by atoms with Crippen molar-refractivity contribution < 1.29 is 22.3 Å². The molecular weight excluding hydrogens is 362 g/mol. The largest absolute Gasteiger partial charge is 0.494 e. The highest BCUT2D eigenvalue weighted by Crippen LogP contribution is 2.37. The molecule has 4 rings (SSSR count). The molecule has 1 aromatic rings. The molecule has 4 nitrogen and oxygen atoms in total. The van der Waals surface area contributed by atoms with E-state index in [0.717, 1.165) is 25.0 Å². The van der Waals surface area contributed by atoms with Crippen LogP contribution in [0.4, 0.5) is 17.6 Å². The number of guanidine groups is 1. The molecule has 1 fully saturated rings. The first kappa shape index (κ1) is 17.6. The van der Waals surface area contributed by atoms with Crippen LogP contribution in [0.2, 0.25) is 0 Å². The van der Waals surface area contributed by atoms with Gasteiger partial charge in [-0.2, -0.15) is 13.2 Å². The van der Waals surface area contributed by atoms with Crippen molar-refractivity contribution >= 4 is 11.5 Å². The van der Waals surface area contributed by atoms with Gasteiger partial charge in [-0.15, -0.1) is 0 Å². The monoisotopic (exact) mass is 379 g/mol. The summed E-state index contributed by atoms with van der Waals surface area (Å²) in [6.07, 6.45) is 0.860. The lowest BCUT2D eigenvalue weighted by molar-refractivity contribution is -0.0885. The van der Waals surface area contributed by atoms with E-state index in [1.807, 2.05) is 0 Å². The van der Waals surface area contributed by atoms with Crippen molar-refractivity contribution in [1.29, 1.82) is 0 Å². The number of benzene rings is 1. The quantitative estimate of drug-likeness (QED) is 0.807. The van der Waals surface area contributed by atoms with Crippen LogP contribution in [0.5, 0.6) is 5.75 Å². The molecule has 0 amide bonds. The van der Waals surface area contributed by atoms with Gasteiger partial charge in [0.05, 0.1) is 24.9 Å². The number of alkyl halides is 3. The Bertz CT molecular complexity index is 895. The predicted molar refractivity (Wildman–Crippen MR) is 93.4 cm³/mol. The second-order valence-corrected chi connectivity index (χ2v) is 6.53. The first-order chi connectivity index (χ1) is 12.9. The summed E-state index contributed by atoms with van der Waals surface area (Å²) in [5, 5.41) is 3.22. The first-order valence-corrected chi connectivity index (χ1v) is 8.52. The number of fused-ring (bicyclic) bond motifs is 1. The van der Waals surface area contributed by atoms with Crippen molar-refractivity contribution in [3.05, 3.63) is 59.2 Å². The Morgan fingerprint density at radius 2 is 2.04 bits per heavy atom. The fourth-order valence-electron chi connectivity index (χ4n) is 3.05. The van der Waals surface area contributed by atoms with Gasteiger partial charge in [-0.1, -0.05) is 12.1 Å². The zero-order chi connectivity index (χ0) is 19.2. The average Bonchev–Trinajstić information content (AvgIpc) is 3.45. The summed E-state index contributed by atoms with van der Waals surface area (Å²) in [4.78, 5) is 5.99. The third-order valence-corrected chi connectivity index (χ3v) is 4.63. The lowest BCUT2D eigenvalue weighted by atomic mass is 9.98. The SMILES string of the molecule is COc1cccc(C2=C3C=C(C(F)(F)F)C=CN3C(NC3CC3)=NC2)c1F. The van der Waals surface area contributed by atoms with Gasteiger partial charge in [-0.05, 0) is 31.1 Å². The molecule has 142 valence electrons. The molecule has 0 aromatic heterocycles. The normalized spacial score (nSPS) is 19.5. The van der Waals surface area contributed by atoms with Crippen LogP contribution in [0.15, 0.2) is 52.8 Å². The molecular formula is C19H17F4N3O. The topological polar surface area (TPSA) is 36.9 Å². The van der Waals surface area contributed by atoms with Crippen molar-refractivity contribution in [1.82, 2.24) is 10.2 Å². The Labute approximate surface area is 153 Å². The summed E-state index contributed by atoms with van der Waals surface area (Å²) < 4.78 is 59.5. The molecule has 8 heteroatoms. The van der Waals surface area contributed by atoms with Crippen LogP contribution in [0.3, 0.4) is 0 Å². The van der Waals surface area contributed by atoms with Gasteiger partial charge in [0.1, 0.15) is 0 Å². The Balaban J connectivity index is 1.82. The summed E-state index contributed by atoms with van der Waals surface area (Å²) in [5.74, 6) is -0.106. The number of hydrogen-bond donors (Lipinski definition) is 1. The molecule has 0 spiro atoms. The molecule has 2 heterocycles. The molecule has 0 radical (unpaired) electrons. The van der Waals surface area contributed by atoms with Gasteiger partial charge in [0, 0.05) is 23.4 Å². The Hall–Kier alpha value is -2.77. The van der Waals surface area contributed by atoms with Crippen LogP contribution < -0.4 is 10.1 Å². The highest BCUT2D eigenvalue weighted by atomic mass is 19.4. The van der Waals surface area contributed by atoms with Gasteiger partial charge in [-0.25, -0.2) is 9.38 Å². The minimum Gasteiger partial charge on any atom is -0.494 e. The molecule has 3 aliphatic rings. The molecule has 1 aliphatic carbocycles. The molecule has 0 atom stereocenters. The maximum absolute atomic E-state index is 14.8. The van der Waals surface area contributed by atoms with Gasteiger partial charge < -0.3 is 10.1 Å². The minimum absolute atomic E-state index is 0.0319. The van der Waals surface area contributed by atoms with E-state index in [4.69, 9.17) is 4.74 Å². The van der Waals surface area contributed by atoms with Gasteiger partial charge >= 0.3 is 6.18 Å². The highest BCUT2D eigenvalue weighted by molar-refractivity contribution is 5.91. The van der Waals surface area contributed by atoms with Crippen molar-refractivity contribution in [3.8, 4) is 5.75 Å². The maximum atomic E-state index is 14.8. The smallest absolute Gasteiger partial charge is 0.416 e. The van der Waals surface area contributed by atoms with Crippen molar-refractivity contribution in [2.75, 3.05) is 13.7 Å². The zero-order valence-electron chi connectivity index (χ0n) is 14.5. The second-order valence-electron chi connectivity index (χ2n) is 6.53. The minimum atomic E-state index is -4.49. The molecule has 1 saturated carbocycles. The van der Waals surface area contributed by atoms with Gasteiger partial charge in [0.2, 0.25) is 5.96 Å². The zero-order valence-corrected chi connectivity index (χ0v) is 14.5. The van der Waals surface area contributed by atoms with Crippen LogP contribution in [0.1, 0.15) is 18.4 Å². The molecule has 27 heavy (non-hydrogen) atoms. The van der Waals surface area contributed by atoms with E-state index in [-0.39, 0.29) is 29.6 Å². The number of aliphatic imine (C=N–C) groups is 1. The van der Waals surface area contributed by atoms with E-state index in [0.29, 0.717) is 11.5 Å². The molecule has 0 saturated heterocycles. The van der Waals surface area contributed by atoms with Crippen molar-refractivity contribution in [2.45, 2.75) is 25.1 Å². The third kappa shape index (κ3) is 3.31. The lowest BCUT2D eigenvalue weighted by Gasteiger charge is -2.33. The van der Waals surface area contributed by atoms with Crippen LogP contribution in [-0.2, 0) is 0 Å². The van der Waals surface area contributed by atoms with Crippen molar-refractivity contribution in [3.63, 3.8) is 0 Å². The number of nitrogens with zero attached hydrogens (tertiary/aromatic N) is 2. The molecule has 1 N–H and O–H groups in total. The fourth-order valence-corrected chi connectivity index (χ4v) is 3.05. The van der Waals surface area contributed by atoms with E-state index in [9.17, 15) is 17.6 Å². The van der Waals surface area contributed by atoms with E-state index in [2.05, 4.69) is 10.3 Å². The Kier molecular flexibility index (Phi) is 4.20. The van der Waals surface area contributed by atoms with Crippen LogP contribution in [0, 0.1) is 5.82 Å². The molecule has 2 aliphatic heterocycles. The molecule has 1 aromatic carbocycles. The molecule has 0 unspecified atom stereocenters. The van der Waals surface area contributed by atoms with Gasteiger partial charge in [0.15, 0.2) is 11.6 Å². The summed E-state index contributed by atoms with van der Waals surface area (Å²) in [6, 6.07) is 4.86. The first-order valence-electron chi connectivity index (χ1n) is 8.52. The number of methoxy groups -OCH3 is 1. The molecule has 0 bridgehead atoms. The number of halogens is 4. The Morgan fingerprint density at radius 1 is 1.26 bits per heavy atom. The predicted octanol–water partition coefficient (Wildman–Crippen LogP) is 3.99. The standard InChI is InChI=1S/C19H17F4N3O/c1-27-16-4-2-3-13(17(16)20)14-10-24-18(25-12-5-6-12)26-8-7-11(9-15(14)26)19(21,22)23/h2-4,7-9,12H,5-6,10H2,1H3,(H,24,25). The van der Waals surface area contributed by atoms with E-state index < -0.39 is 17.6 Å². The van der Waals surface area contributed by atoms with Crippen LogP contribution >= 0.6 is 0 Å². The lowest BCUT2D eigenvalue weighted by Crippen LogP contribution is -2.42. The number of hydrogen-bond acceptors (Lipinski definition) is 4. The maximum Gasteiger partial charge on any atom is 0.416 e. The van der Waals surface area contributed by atoms with E-state index in [1.54, 1.807) is 11.0 Å². The van der Waals surface area contributed by atoms with E-state index >= 15 is 0 Å². The highest BCUT2D eigenvalue weighted by Gasteiger charge is 2.37. The number of allylic oxidation sites excluding steroid dienone is 3. The number of rotatable bonds is 3. The van der Waals surface area contributed by atoms with E-state index in [1.165, 1.54) is 25.4 Å². The summed E-state index contributed by atoms with van der Waals surface area (Å²) in [5.41, 5.74) is 0.0212. The van der Waals surface area contributed by atoms with Gasteiger partial charge in [0.25, 0.3) is 0 Å². The van der Waals surface area contributed by atoms with Gasteiger partial charge in [-0.3, -0.25) is 4.90 Å². The third-order valence-electron chi connectivity index (χ3n) is 4.63. The number of ether oxygens (including phenoxy) is 1. The summed E-state index contributed by atoms with van der Waals surface area (Å²) in [6.45, 7) is 0.0699. The number of nitrogens with one attached hydrogen (secondary N) is 1. The van der Waals surface area contributed by atoms with Crippen LogP contribution in [0.25, 0.3) is 5.57 Å². The summed E-state index contributed by atoms with van der Waals surface area (Å²) in [7, 11) is 1.34. The Morgan fingerprint density at radius 3 is 2.70 bits per heavy atom. The summed E-state index contributed by atoms with van der Waals surface area (Å²) >= 11 is 0. The van der Waals surface area contributed by atoms with Crippen molar-refractivity contribution in [2.24, 2.45) is 4.99 Å². The fraction of sp³-hybridized carbons (Fsp3) is 0.316. The van der Waals surface area contributed by atoms with Crippen LogP contribution in [-0.4, -0.2) is 36.7 Å².